The van der Waals surface area contributed by atoms with Crippen LogP contribution in [0.4, 0.5) is 4.39 Å². The van der Waals surface area contributed by atoms with Crippen LogP contribution in [0.25, 0.3) is 21.8 Å². The first kappa shape index (κ1) is 34.5. The maximum atomic E-state index is 13.6. The van der Waals surface area contributed by atoms with Gasteiger partial charge < -0.3 is 18.9 Å². The number of unbranched alkanes of at least 4 members (excludes halogenated alkanes) is 2. The van der Waals surface area contributed by atoms with Gasteiger partial charge in [-0.1, -0.05) is 42.8 Å². The number of aryl methyl sites for hydroxylation is 2. The van der Waals surface area contributed by atoms with Crippen LogP contribution >= 0.6 is 24.8 Å². The van der Waals surface area contributed by atoms with E-state index in [1.54, 1.807) is 12.1 Å². The Morgan fingerprint density at radius 1 is 0.976 bits per heavy atom. The molecule has 0 fully saturated rings. The fourth-order valence-electron chi connectivity index (χ4n) is 4.95. The molecule has 4 rings (SSSR count). The molecule has 0 radical (unpaired) electrons. The van der Waals surface area contributed by atoms with E-state index in [0.717, 1.165) is 73.0 Å². The quantitative estimate of drug-likeness (QED) is 0.110. The molecule has 224 valence electrons. The van der Waals surface area contributed by atoms with Gasteiger partial charge in [0.25, 0.3) is 0 Å². The average molecular weight is 607 g/mol. The van der Waals surface area contributed by atoms with Crippen LogP contribution in [0.1, 0.15) is 57.0 Å². The summed E-state index contributed by atoms with van der Waals surface area (Å²) in [5.41, 5.74) is 2.75. The Morgan fingerprint density at radius 2 is 1.73 bits per heavy atom. The van der Waals surface area contributed by atoms with Crippen LogP contribution in [0, 0.1) is 5.82 Å². The molecule has 41 heavy (non-hydrogen) atoms. The number of carbonyl (C=O) groups excluding carboxylic acids is 1. The molecule has 9 heteroatoms. The van der Waals surface area contributed by atoms with E-state index >= 15 is 0 Å². The summed E-state index contributed by atoms with van der Waals surface area (Å²) in [6.45, 7) is 5.45. The molecule has 0 bridgehead atoms. The molecule has 0 aliphatic rings. The Kier molecular flexibility index (Phi) is 14.0. The van der Waals surface area contributed by atoms with Crippen molar-refractivity contribution in [2.45, 2.75) is 58.2 Å². The normalized spacial score (nSPS) is 12.0. The highest BCUT2D eigenvalue weighted by Crippen LogP contribution is 2.26. The molecule has 6 nitrogen and oxygen atoms in total. The SMILES string of the molecule is CC(C)OC(=O)COC(CCN(C)CCCCCc1nc2ccc(F)cc2n1C)c1ccc2ccccc2c1.Cl.Cl. The molecule has 0 saturated heterocycles. The van der Waals surface area contributed by atoms with Gasteiger partial charge in [0.2, 0.25) is 0 Å². The lowest BCUT2D eigenvalue weighted by atomic mass is 10.0. The maximum Gasteiger partial charge on any atom is 0.332 e. The Morgan fingerprint density at radius 3 is 2.49 bits per heavy atom. The first-order chi connectivity index (χ1) is 18.8. The van der Waals surface area contributed by atoms with Gasteiger partial charge in [0.1, 0.15) is 18.2 Å². The Labute approximate surface area is 255 Å². The number of hydrogen-bond donors (Lipinski definition) is 0. The van der Waals surface area contributed by atoms with E-state index in [9.17, 15) is 9.18 Å². The van der Waals surface area contributed by atoms with Crippen molar-refractivity contribution in [1.29, 1.82) is 0 Å². The summed E-state index contributed by atoms with van der Waals surface area (Å²) in [6, 6.07) is 19.4. The largest absolute Gasteiger partial charge is 0.461 e. The van der Waals surface area contributed by atoms with E-state index in [1.165, 1.54) is 11.5 Å². The molecule has 4 aromatic rings. The van der Waals surface area contributed by atoms with E-state index in [-0.39, 0.29) is 55.4 Å². The van der Waals surface area contributed by atoms with E-state index in [0.29, 0.717) is 0 Å². The molecule has 0 spiro atoms. The molecule has 0 aliphatic carbocycles. The summed E-state index contributed by atoms with van der Waals surface area (Å²) in [7, 11) is 4.08. The smallest absolute Gasteiger partial charge is 0.332 e. The van der Waals surface area contributed by atoms with Gasteiger partial charge in [0, 0.05) is 20.0 Å². The Bertz CT molecular complexity index is 1400. The fourth-order valence-corrected chi connectivity index (χ4v) is 4.95. The Balaban J connectivity index is 0.00000294. The zero-order valence-corrected chi connectivity index (χ0v) is 26.0. The lowest BCUT2D eigenvalue weighted by Crippen LogP contribution is -2.24. The topological polar surface area (TPSA) is 56.6 Å². The lowest BCUT2D eigenvalue weighted by Gasteiger charge is -2.23. The van der Waals surface area contributed by atoms with Crippen molar-refractivity contribution < 1.29 is 18.7 Å². The van der Waals surface area contributed by atoms with Crippen LogP contribution in [-0.2, 0) is 27.7 Å². The van der Waals surface area contributed by atoms with Gasteiger partial charge in [0.05, 0.1) is 23.2 Å². The summed E-state index contributed by atoms with van der Waals surface area (Å²) in [5, 5.41) is 2.34. The number of hydrogen-bond acceptors (Lipinski definition) is 5. The average Bonchev–Trinajstić information content (AvgIpc) is 3.22. The maximum absolute atomic E-state index is 13.6. The van der Waals surface area contributed by atoms with Crippen LogP contribution in [0.3, 0.4) is 0 Å². The van der Waals surface area contributed by atoms with Crippen LogP contribution in [0.15, 0.2) is 60.7 Å². The van der Waals surface area contributed by atoms with Gasteiger partial charge in [-0.15, -0.1) is 24.8 Å². The minimum atomic E-state index is -0.338. The lowest BCUT2D eigenvalue weighted by molar-refractivity contribution is -0.155. The number of rotatable bonds is 14. The van der Waals surface area contributed by atoms with E-state index in [4.69, 9.17) is 9.47 Å². The zero-order chi connectivity index (χ0) is 27.8. The number of aromatic nitrogens is 2. The summed E-state index contributed by atoms with van der Waals surface area (Å²) < 4.78 is 26.9. The van der Waals surface area contributed by atoms with Gasteiger partial charge in [-0.2, -0.15) is 0 Å². The number of ether oxygens (including phenoxy) is 2. The predicted molar refractivity (Wildman–Crippen MR) is 169 cm³/mol. The van der Waals surface area contributed by atoms with Gasteiger partial charge in [-0.25, -0.2) is 14.2 Å². The van der Waals surface area contributed by atoms with Crippen LogP contribution in [0.2, 0.25) is 0 Å². The molecule has 1 unspecified atom stereocenters. The van der Waals surface area contributed by atoms with Crippen molar-refractivity contribution >= 4 is 52.6 Å². The molecule has 1 heterocycles. The first-order valence-electron chi connectivity index (χ1n) is 13.9. The van der Waals surface area contributed by atoms with Crippen LogP contribution in [-0.4, -0.2) is 53.3 Å². The second kappa shape index (κ2) is 16.7. The molecule has 0 aliphatic heterocycles. The van der Waals surface area contributed by atoms with Gasteiger partial charge in [0.15, 0.2) is 0 Å². The molecule has 0 amide bonds. The highest BCUT2D eigenvalue weighted by molar-refractivity contribution is 5.85. The van der Waals surface area contributed by atoms with Crippen molar-refractivity contribution in [2.24, 2.45) is 7.05 Å². The summed E-state index contributed by atoms with van der Waals surface area (Å²) in [6.07, 6.45) is 4.50. The minimum absolute atomic E-state index is 0. The Hall–Kier alpha value is -2.71. The van der Waals surface area contributed by atoms with Crippen molar-refractivity contribution in [3.63, 3.8) is 0 Å². The molecule has 3 aromatic carbocycles. The molecular formula is C32H42Cl2FN3O3. The molecule has 1 atom stereocenters. The zero-order valence-electron chi connectivity index (χ0n) is 24.3. The highest BCUT2D eigenvalue weighted by Gasteiger charge is 2.17. The second-order valence-corrected chi connectivity index (χ2v) is 10.6. The molecule has 0 saturated carbocycles. The van der Waals surface area contributed by atoms with E-state index < -0.39 is 0 Å². The van der Waals surface area contributed by atoms with Crippen molar-refractivity contribution in [1.82, 2.24) is 14.5 Å². The summed E-state index contributed by atoms with van der Waals surface area (Å²) >= 11 is 0. The van der Waals surface area contributed by atoms with E-state index in [1.807, 2.05) is 37.6 Å². The molecular weight excluding hydrogens is 564 g/mol. The molecule has 0 N–H and O–H groups in total. The number of benzene rings is 3. The number of esters is 1. The summed E-state index contributed by atoms with van der Waals surface area (Å²) in [4.78, 5) is 19.1. The fraction of sp³-hybridized carbons (Fsp3) is 0.438. The van der Waals surface area contributed by atoms with Crippen LogP contribution < -0.4 is 0 Å². The monoisotopic (exact) mass is 605 g/mol. The second-order valence-electron chi connectivity index (χ2n) is 10.6. The number of imidazole rings is 1. The number of carbonyl (C=O) groups is 1. The number of nitrogens with zero attached hydrogens (tertiary/aromatic N) is 3. The number of fused-ring (bicyclic) bond motifs is 2. The van der Waals surface area contributed by atoms with Crippen molar-refractivity contribution in [3.05, 3.63) is 77.9 Å². The van der Waals surface area contributed by atoms with Crippen molar-refractivity contribution in [2.75, 3.05) is 26.7 Å². The number of halogens is 3. The molecule has 1 aromatic heterocycles. The van der Waals surface area contributed by atoms with E-state index in [2.05, 4.69) is 47.3 Å². The standard InChI is InChI=1S/C32H40FN3O3.2ClH/c1-23(2)39-32(37)22-38-30(26-14-13-24-10-7-8-11-25(24)20-26)17-19-35(3)18-9-5-6-12-31-34-28-16-15-27(33)21-29(28)36(31)4;;/h7-8,10-11,13-16,20-21,23,30H,5-6,9,12,17-19,22H2,1-4H3;2*1H. The predicted octanol–water partition coefficient (Wildman–Crippen LogP) is 7.45. The third-order valence-corrected chi connectivity index (χ3v) is 7.06. The van der Waals surface area contributed by atoms with Gasteiger partial charge in [-0.3, -0.25) is 0 Å². The highest BCUT2D eigenvalue weighted by atomic mass is 35.5. The van der Waals surface area contributed by atoms with Gasteiger partial charge in [-0.05, 0) is 87.3 Å². The van der Waals surface area contributed by atoms with Crippen LogP contribution in [0.5, 0.6) is 0 Å². The third kappa shape index (κ3) is 9.96. The van der Waals surface area contributed by atoms with Crippen molar-refractivity contribution in [3.8, 4) is 0 Å². The summed E-state index contributed by atoms with van der Waals surface area (Å²) in [5.74, 6) is 0.425. The first-order valence-corrected chi connectivity index (χ1v) is 13.9. The van der Waals surface area contributed by atoms with Gasteiger partial charge >= 0.3 is 5.97 Å². The third-order valence-electron chi connectivity index (χ3n) is 7.06. The minimum Gasteiger partial charge on any atom is -0.461 e.